The molecule has 0 saturated heterocycles. The molecule has 100 valence electrons. The Labute approximate surface area is 118 Å². The van der Waals surface area contributed by atoms with Gasteiger partial charge in [-0.1, -0.05) is 35.9 Å². The summed E-state index contributed by atoms with van der Waals surface area (Å²) >= 11 is 6.43. The number of aryl methyl sites for hydroxylation is 1. The molecule has 2 aromatic carbocycles. The van der Waals surface area contributed by atoms with Crippen molar-refractivity contribution >= 4 is 11.6 Å². The summed E-state index contributed by atoms with van der Waals surface area (Å²) in [4.78, 5) is 0. The summed E-state index contributed by atoms with van der Waals surface area (Å²) in [6.45, 7) is 4.44. The van der Waals surface area contributed by atoms with Gasteiger partial charge in [-0.15, -0.1) is 11.6 Å². The highest BCUT2D eigenvalue weighted by atomic mass is 35.5. The van der Waals surface area contributed by atoms with E-state index >= 15 is 0 Å². The monoisotopic (exact) mass is 278 g/mol. The molecule has 0 aromatic heterocycles. The van der Waals surface area contributed by atoms with E-state index in [4.69, 9.17) is 16.3 Å². The van der Waals surface area contributed by atoms with E-state index in [1.807, 2.05) is 32.0 Å². The summed E-state index contributed by atoms with van der Waals surface area (Å²) in [7, 11) is 0. The summed E-state index contributed by atoms with van der Waals surface area (Å²) in [6.07, 6.45) is 0. The number of ether oxygens (including phenoxy) is 1. The molecule has 0 aliphatic rings. The van der Waals surface area contributed by atoms with Crippen LogP contribution in [-0.4, -0.2) is 6.61 Å². The lowest BCUT2D eigenvalue weighted by Crippen LogP contribution is -2.02. The molecule has 1 nitrogen and oxygen atoms in total. The first-order valence-corrected chi connectivity index (χ1v) is 6.69. The van der Waals surface area contributed by atoms with Gasteiger partial charge in [0, 0.05) is 11.1 Å². The molecule has 0 saturated carbocycles. The predicted octanol–water partition coefficient (Wildman–Crippen LogP) is 4.86. The highest BCUT2D eigenvalue weighted by molar-refractivity contribution is 6.22. The first kappa shape index (κ1) is 13.9. The van der Waals surface area contributed by atoms with Crippen molar-refractivity contribution in [1.82, 2.24) is 0 Å². The summed E-state index contributed by atoms with van der Waals surface area (Å²) in [5.41, 5.74) is 2.34. The van der Waals surface area contributed by atoms with Crippen LogP contribution in [0.5, 0.6) is 5.75 Å². The Morgan fingerprint density at radius 1 is 1.16 bits per heavy atom. The second-order valence-electron chi connectivity index (χ2n) is 4.36. The third-order valence-corrected chi connectivity index (χ3v) is 3.39. The first-order valence-electron chi connectivity index (χ1n) is 6.25. The molecule has 0 bridgehead atoms. The Morgan fingerprint density at radius 2 is 1.89 bits per heavy atom. The van der Waals surface area contributed by atoms with E-state index in [0.717, 1.165) is 11.1 Å². The van der Waals surface area contributed by atoms with Crippen LogP contribution >= 0.6 is 11.6 Å². The minimum Gasteiger partial charge on any atom is -0.494 e. The average molecular weight is 279 g/mol. The van der Waals surface area contributed by atoms with Gasteiger partial charge in [0.25, 0.3) is 0 Å². The number of alkyl halides is 1. The predicted molar refractivity (Wildman–Crippen MR) is 76.4 cm³/mol. The van der Waals surface area contributed by atoms with Gasteiger partial charge in [-0.25, -0.2) is 4.39 Å². The van der Waals surface area contributed by atoms with Crippen LogP contribution in [0.1, 0.15) is 29.0 Å². The lowest BCUT2D eigenvalue weighted by Gasteiger charge is -2.16. The zero-order chi connectivity index (χ0) is 13.8. The van der Waals surface area contributed by atoms with Crippen molar-refractivity contribution in [3.8, 4) is 5.75 Å². The van der Waals surface area contributed by atoms with Crippen LogP contribution in [0.2, 0.25) is 0 Å². The van der Waals surface area contributed by atoms with Gasteiger partial charge in [0.1, 0.15) is 11.6 Å². The van der Waals surface area contributed by atoms with Crippen LogP contribution in [0, 0.1) is 12.7 Å². The van der Waals surface area contributed by atoms with Crippen molar-refractivity contribution in [2.45, 2.75) is 19.2 Å². The van der Waals surface area contributed by atoms with Crippen LogP contribution in [-0.2, 0) is 0 Å². The van der Waals surface area contributed by atoms with E-state index in [0.29, 0.717) is 17.9 Å². The highest BCUT2D eigenvalue weighted by Crippen LogP contribution is 2.36. The Bertz CT molecular complexity index is 568. The summed E-state index contributed by atoms with van der Waals surface area (Å²) in [6, 6.07) is 12.3. The van der Waals surface area contributed by atoms with Gasteiger partial charge in [-0.3, -0.25) is 0 Å². The maximum absolute atomic E-state index is 13.8. The van der Waals surface area contributed by atoms with Gasteiger partial charge in [0.05, 0.1) is 12.0 Å². The number of rotatable bonds is 4. The molecule has 3 heteroatoms. The van der Waals surface area contributed by atoms with Crippen LogP contribution in [0.4, 0.5) is 4.39 Å². The van der Waals surface area contributed by atoms with Gasteiger partial charge >= 0.3 is 0 Å². The van der Waals surface area contributed by atoms with Gasteiger partial charge in [0.15, 0.2) is 0 Å². The number of hydrogen-bond acceptors (Lipinski definition) is 1. The highest BCUT2D eigenvalue weighted by Gasteiger charge is 2.19. The molecule has 0 N–H and O–H groups in total. The third-order valence-electron chi connectivity index (χ3n) is 2.92. The molecule has 0 aliphatic carbocycles. The van der Waals surface area contributed by atoms with Crippen molar-refractivity contribution < 1.29 is 9.13 Å². The fourth-order valence-corrected chi connectivity index (χ4v) is 2.35. The molecule has 0 amide bonds. The summed E-state index contributed by atoms with van der Waals surface area (Å²) < 4.78 is 19.4. The molecule has 1 unspecified atom stereocenters. The lowest BCUT2D eigenvalue weighted by atomic mass is 10.0. The fraction of sp³-hybridized carbons (Fsp3) is 0.250. The molecule has 1 atom stereocenters. The molecule has 2 aromatic rings. The molecule has 19 heavy (non-hydrogen) atoms. The maximum atomic E-state index is 13.8. The normalized spacial score (nSPS) is 12.2. The van der Waals surface area contributed by atoms with Crippen molar-refractivity contribution in [1.29, 1.82) is 0 Å². The lowest BCUT2D eigenvalue weighted by molar-refractivity contribution is 0.336. The second-order valence-corrected chi connectivity index (χ2v) is 4.79. The number of hydrogen-bond donors (Lipinski definition) is 0. The van der Waals surface area contributed by atoms with Crippen LogP contribution in [0.15, 0.2) is 42.5 Å². The average Bonchev–Trinajstić information content (AvgIpc) is 2.41. The van der Waals surface area contributed by atoms with Crippen LogP contribution in [0.3, 0.4) is 0 Å². The van der Waals surface area contributed by atoms with Crippen LogP contribution < -0.4 is 4.74 Å². The zero-order valence-electron chi connectivity index (χ0n) is 11.0. The van der Waals surface area contributed by atoms with Gasteiger partial charge < -0.3 is 4.74 Å². The van der Waals surface area contributed by atoms with E-state index in [1.165, 1.54) is 6.07 Å². The van der Waals surface area contributed by atoms with Gasteiger partial charge in [-0.05, 0) is 26.0 Å². The molecular weight excluding hydrogens is 263 g/mol. The Kier molecular flexibility index (Phi) is 4.43. The zero-order valence-corrected chi connectivity index (χ0v) is 11.7. The Hall–Kier alpha value is -1.54. The van der Waals surface area contributed by atoms with E-state index in [-0.39, 0.29) is 5.82 Å². The molecule has 0 spiro atoms. The molecule has 0 heterocycles. The Balaban J connectivity index is 2.45. The van der Waals surface area contributed by atoms with Gasteiger partial charge in [0.2, 0.25) is 0 Å². The minimum absolute atomic E-state index is 0.300. The summed E-state index contributed by atoms with van der Waals surface area (Å²) in [5.74, 6) is 0.405. The van der Waals surface area contributed by atoms with Crippen molar-refractivity contribution in [3.63, 3.8) is 0 Å². The molecular formula is C16H16ClFO. The quantitative estimate of drug-likeness (QED) is 0.726. The molecule has 0 radical (unpaired) electrons. The largest absolute Gasteiger partial charge is 0.494 e. The SMILES string of the molecule is CCOc1ccc(C)cc1C(Cl)c1ccccc1F. The number of benzene rings is 2. The minimum atomic E-state index is -0.553. The van der Waals surface area contributed by atoms with Crippen LogP contribution in [0.25, 0.3) is 0 Å². The molecule has 2 rings (SSSR count). The summed E-state index contributed by atoms with van der Waals surface area (Å²) in [5, 5.41) is -0.553. The topological polar surface area (TPSA) is 9.23 Å². The third kappa shape index (κ3) is 3.07. The Morgan fingerprint density at radius 3 is 2.58 bits per heavy atom. The number of halogens is 2. The second kappa shape index (κ2) is 6.07. The van der Waals surface area contributed by atoms with E-state index in [9.17, 15) is 4.39 Å². The van der Waals surface area contributed by atoms with E-state index in [1.54, 1.807) is 18.2 Å². The fourth-order valence-electron chi connectivity index (χ4n) is 2.00. The smallest absolute Gasteiger partial charge is 0.128 e. The molecule has 0 fully saturated rings. The first-order chi connectivity index (χ1) is 9.13. The van der Waals surface area contributed by atoms with E-state index in [2.05, 4.69) is 0 Å². The standard InChI is InChI=1S/C16H16ClFO/c1-3-19-15-9-8-11(2)10-13(15)16(17)12-6-4-5-7-14(12)18/h4-10,16H,3H2,1-2H3. The van der Waals surface area contributed by atoms with Gasteiger partial charge in [-0.2, -0.15) is 0 Å². The molecule has 0 aliphatic heterocycles. The van der Waals surface area contributed by atoms with Crippen molar-refractivity contribution in [2.24, 2.45) is 0 Å². The van der Waals surface area contributed by atoms with E-state index < -0.39 is 5.38 Å². The van der Waals surface area contributed by atoms with Crippen molar-refractivity contribution in [2.75, 3.05) is 6.61 Å². The van der Waals surface area contributed by atoms with Crippen molar-refractivity contribution in [3.05, 3.63) is 65.0 Å². The maximum Gasteiger partial charge on any atom is 0.128 e.